The highest BCUT2D eigenvalue weighted by molar-refractivity contribution is 5.91. The summed E-state index contributed by atoms with van der Waals surface area (Å²) in [7, 11) is 0. The van der Waals surface area contributed by atoms with Gasteiger partial charge in [0, 0.05) is 18.1 Å². The number of carbonyl (C=O) groups is 1. The van der Waals surface area contributed by atoms with Crippen molar-refractivity contribution in [3.8, 4) is 0 Å². The molecule has 0 aromatic rings. The summed E-state index contributed by atoms with van der Waals surface area (Å²) in [5.74, 6) is 6.64. The fourth-order valence-electron chi connectivity index (χ4n) is 8.99. The molecule has 10 atom stereocenters. The predicted molar refractivity (Wildman–Crippen MR) is 105 cm³/mol. The molecule has 0 aliphatic heterocycles. The van der Waals surface area contributed by atoms with Crippen LogP contribution in [0.5, 0.6) is 0 Å². The van der Waals surface area contributed by atoms with Crippen LogP contribution in [0.2, 0.25) is 0 Å². The lowest BCUT2D eigenvalue weighted by Gasteiger charge is -2.59. The lowest BCUT2D eigenvalue weighted by molar-refractivity contribution is -0.117. The molecular formula is C24H35NO. The smallest absolute Gasteiger partial charge is 0.155 e. The summed E-state index contributed by atoms with van der Waals surface area (Å²) in [6.45, 7) is 9.78. The highest BCUT2D eigenvalue weighted by Gasteiger charge is 2.77. The van der Waals surface area contributed by atoms with Crippen LogP contribution in [0.3, 0.4) is 0 Å². The van der Waals surface area contributed by atoms with E-state index < -0.39 is 0 Å². The third-order valence-corrected chi connectivity index (χ3v) is 10.3. The molecular weight excluding hydrogens is 318 g/mol. The molecule has 2 nitrogen and oxygen atoms in total. The number of ketones is 1. The standard InChI is InChI=1S/C24H35NO/c1-5-14-10-15-11-16(26)6-7-17(15)18-8-9-23(3)22(20(14)18)19-13(2)21(19)24(23,4)12-25/h11-14,17-22,25H,5-10H2,1-4H3/t13-,14-,17-,18+,19+,20+,21-,22-,23-,24-/m0/s1. The van der Waals surface area contributed by atoms with E-state index in [4.69, 9.17) is 5.41 Å². The van der Waals surface area contributed by atoms with E-state index in [1.165, 1.54) is 31.3 Å². The molecule has 0 saturated heterocycles. The van der Waals surface area contributed by atoms with Gasteiger partial charge in [-0.25, -0.2) is 0 Å². The van der Waals surface area contributed by atoms with Crippen LogP contribution >= 0.6 is 0 Å². The van der Waals surface area contributed by atoms with Crippen molar-refractivity contribution in [3.63, 3.8) is 0 Å². The normalized spacial score (nSPS) is 57.4. The van der Waals surface area contributed by atoms with E-state index in [9.17, 15) is 4.79 Å². The van der Waals surface area contributed by atoms with Gasteiger partial charge >= 0.3 is 0 Å². The predicted octanol–water partition coefficient (Wildman–Crippen LogP) is 5.52. The van der Waals surface area contributed by atoms with Gasteiger partial charge in [-0.3, -0.25) is 4.79 Å². The van der Waals surface area contributed by atoms with E-state index >= 15 is 0 Å². The Morgan fingerprint density at radius 2 is 2.00 bits per heavy atom. The molecule has 0 amide bonds. The maximum Gasteiger partial charge on any atom is 0.155 e. The largest absolute Gasteiger partial charge is 0.313 e. The van der Waals surface area contributed by atoms with Gasteiger partial charge in [-0.05, 0) is 84.5 Å². The van der Waals surface area contributed by atoms with Gasteiger partial charge in [-0.1, -0.05) is 39.7 Å². The molecule has 0 radical (unpaired) electrons. The zero-order valence-corrected chi connectivity index (χ0v) is 16.9. The van der Waals surface area contributed by atoms with Crippen LogP contribution < -0.4 is 0 Å². The summed E-state index contributed by atoms with van der Waals surface area (Å²) >= 11 is 0. The number of allylic oxidation sites excluding steroid dienone is 1. The molecule has 0 unspecified atom stereocenters. The molecule has 0 aromatic heterocycles. The number of carbonyl (C=O) groups excluding carboxylic acids is 1. The number of nitrogens with one attached hydrogen (secondary N) is 1. The number of hydrogen-bond donors (Lipinski definition) is 1. The number of fused-ring (bicyclic) bond motifs is 7. The van der Waals surface area contributed by atoms with E-state index in [0.29, 0.717) is 17.1 Å². The van der Waals surface area contributed by atoms with Gasteiger partial charge < -0.3 is 5.41 Å². The number of hydrogen-bond acceptors (Lipinski definition) is 2. The molecule has 5 aliphatic carbocycles. The van der Waals surface area contributed by atoms with Crippen molar-refractivity contribution >= 4 is 12.0 Å². The van der Waals surface area contributed by atoms with Crippen molar-refractivity contribution in [2.24, 2.45) is 58.2 Å². The third-order valence-electron chi connectivity index (χ3n) is 10.3. The summed E-state index contributed by atoms with van der Waals surface area (Å²) in [6, 6.07) is 0. The second-order valence-corrected chi connectivity index (χ2v) is 10.8. The fourth-order valence-corrected chi connectivity index (χ4v) is 8.99. The lowest BCUT2D eigenvalue weighted by Crippen LogP contribution is -2.54. The second-order valence-electron chi connectivity index (χ2n) is 10.8. The van der Waals surface area contributed by atoms with Gasteiger partial charge in [0.25, 0.3) is 0 Å². The van der Waals surface area contributed by atoms with E-state index in [1.54, 1.807) is 0 Å². The molecule has 1 N–H and O–H groups in total. The minimum Gasteiger partial charge on any atom is -0.313 e. The highest BCUT2D eigenvalue weighted by Crippen LogP contribution is 2.80. The Morgan fingerprint density at radius 3 is 2.69 bits per heavy atom. The molecule has 0 bridgehead atoms. The minimum absolute atomic E-state index is 0.101. The summed E-state index contributed by atoms with van der Waals surface area (Å²) in [5.41, 5.74) is 1.92. The van der Waals surface area contributed by atoms with Gasteiger partial charge in [0.1, 0.15) is 0 Å². The Balaban J connectivity index is 1.58. The summed E-state index contributed by atoms with van der Waals surface area (Å²) in [5, 5.41) is 8.32. The van der Waals surface area contributed by atoms with Crippen LogP contribution in [-0.2, 0) is 4.79 Å². The Kier molecular flexibility index (Phi) is 3.52. The Hall–Kier alpha value is -0.920. The first-order chi connectivity index (χ1) is 12.4. The second kappa shape index (κ2) is 5.32. The van der Waals surface area contributed by atoms with Crippen molar-refractivity contribution in [2.45, 2.75) is 66.2 Å². The quantitative estimate of drug-likeness (QED) is 0.652. The van der Waals surface area contributed by atoms with Crippen LogP contribution in [0.25, 0.3) is 0 Å². The van der Waals surface area contributed by atoms with E-state index in [2.05, 4.69) is 27.7 Å². The lowest BCUT2D eigenvalue weighted by atomic mass is 9.45. The molecule has 4 fully saturated rings. The van der Waals surface area contributed by atoms with Crippen LogP contribution in [0, 0.1) is 63.6 Å². The maximum absolute atomic E-state index is 12.0. The molecule has 0 heterocycles. The van der Waals surface area contributed by atoms with Gasteiger partial charge in [-0.2, -0.15) is 0 Å². The minimum atomic E-state index is 0.101. The average molecular weight is 354 g/mol. The summed E-state index contributed by atoms with van der Waals surface area (Å²) < 4.78 is 0. The van der Waals surface area contributed by atoms with Crippen molar-refractivity contribution in [1.82, 2.24) is 0 Å². The molecule has 0 aromatic carbocycles. The first-order valence-electron chi connectivity index (χ1n) is 11.1. The van der Waals surface area contributed by atoms with Gasteiger partial charge in [0.2, 0.25) is 0 Å². The van der Waals surface area contributed by atoms with Gasteiger partial charge in [0.05, 0.1) is 0 Å². The van der Waals surface area contributed by atoms with Crippen LogP contribution in [0.4, 0.5) is 0 Å². The fraction of sp³-hybridized carbons (Fsp3) is 0.833. The molecule has 5 rings (SSSR count). The zero-order chi connectivity index (χ0) is 18.4. The van der Waals surface area contributed by atoms with Gasteiger partial charge in [-0.15, -0.1) is 0 Å². The average Bonchev–Trinajstić information content (AvgIpc) is 3.23. The van der Waals surface area contributed by atoms with Crippen molar-refractivity contribution in [2.75, 3.05) is 0 Å². The molecule has 26 heavy (non-hydrogen) atoms. The molecule has 0 spiro atoms. The van der Waals surface area contributed by atoms with Crippen molar-refractivity contribution in [1.29, 1.82) is 5.41 Å². The first kappa shape index (κ1) is 17.2. The first-order valence-corrected chi connectivity index (χ1v) is 11.1. The van der Waals surface area contributed by atoms with E-state index in [1.807, 2.05) is 12.3 Å². The number of rotatable bonds is 2. The SMILES string of the molecule is CC[C@H]1CC2=CC(=O)CC[C@@H]2[C@H]2CC[C@@]3(C)[C@H]([C@H]12)[C@@H]1[C@H](C)[C@@H]1[C@]3(C)C=N. The third kappa shape index (κ3) is 1.85. The topological polar surface area (TPSA) is 40.9 Å². The van der Waals surface area contributed by atoms with Crippen LogP contribution in [0.15, 0.2) is 11.6 Å². The monoisotopic (exact) mass is 353 g/mol. The molecule has 5 aliphatic rings. The van der Waals surface area contributed by atoms with E-state index in [0.717, 1.165) is 54.3 Å². The van der Waals surface area contributed by atoms with Gasteiger partial charge in [0.15, 0.2) is 5.78 Å². The molecule has 2 heteroatoms. The summed E-state index contributed by atoms with van der Waals surface area (Å²) in [6.07, 6.45) is 10.8. The Labute approximate surface area is 158 Å². The molecule has 142 valence electrons. The highest BCUT2D eigenvalue weighted by atomic mass is 16.1. The van der Waals surface area contributed by atoms with Crippen LogP contribution in [-0.4, -0.2) is 12.0 Å². The Morgan fingerprint density at radius 1 is 1.23 bits per heavy atom. The van der Waals surface area contributed by atoms with E-state index in [-0.39, 0.29) is 5.41 Å². The van der Waals surface area contributed by atoms with Crippen LogP contribution in [0.1, 0.15) is 66.2 Å². The van der Waals surface area contributed by atoms with Crippen molar-refractivity contribution < 1.29 is 4.79 Å². The molecule has 4 saturated carbocycles. The summed E-state index contributed by atoms with van der Waals surface area (Å²) in [4.78, 5) is 12.0. The van der Waals surface area contributed by atoms with Crippen molar-refractivity contribution in [3.05, 3.63) is 11.6 Å². The maximum atomic E-state index is 12.0. The zero-order valence-electron chi connectivity index (χ0n) is 16.9. The Bertz CT molecular complexity index is 694.